The minimum Gasteiger partial charge on any atom is -0.340 e. The lowest BCUT2D eigenvalue weighted by atomic mass is 10.2. The number of hydrogen-bond acceptors (Lipinski definition) is 3. The molecule has 2 heterocycles. The van der Waals surface area contributed by atoms with Gasteiger partial charge < -0.3 is 4.98 Å². The Hall–Kier alpha value is -2.61. The summed E-state index contributed by atoms with van der Waals surface area (Å²) in [6, 6.07) is 9.58. The third kappa shape index (κ3) is 1.55. The van der Waals surface area contributed by atoms with Crippen molar-refractivity contribution in [2.24, 2.45) is 0 Å². The van der Waals surface area contributed by atoms with Crippen molar-refractivity contribution < 1.29 is 0 Å². The van der Waals surface area contributed by atoms with Gasteiger partial charge in [-0.25, -0.2) is 4.98 Å². The van der Waals surface area contributed by atoms with Crippen LogP contribution in [-0.4, -0.2) is 19.7 Å². The van der Waals surface area contributed by atoms with Crippen LogP contribution in [0.1, 0.15) is 24.4 Å². The predicted molar refractivity (Wildman–Crippen MR) is 66.8 cm³/mol. The standard InChI is InChI=1S/C13H11N5/c1-9(18-7-3-6-15-18)13-16-11-5-2-4-10(8-14)12(11)17-13/h2-7,9H,1H3,(H,16,17). The van der Waals surface area contributed by atoms with Crippen LogP contribution in [0.5, 0.6) is 0 Å². The predicted octanol–water partition coefficient (Wildman–Crippen LogP) is 2.24. The van der Waals surface area contributed by atoms with E-state index in [-0.39, 0.29) is 6.04 Å². The Labute approximate surface area is 104 Å². The second kappa shape index (κ2) is 4.00. The number of imidazole rings is 1. The average molecular weight is 237 g/mol. The van der Waals surface area contributed by atoms with Gasteiger partial charge in [-0.05, 0) is 25.1 Å². The Morgan fingerprint density at radius 2 is 2.28 bits per heavy atom. The number of rotatable bonds is 2. The van der Waals surface area contributed by atoms with Gasteiger partial charge in [0.2, 0.25) is 0 Å². The molecule has 0 radical (unpaired) electrons. The van der Waals surface area contributed by atoms with Crippen molar-refractivity contribution in [3.8, 4) is 6.07 Å². The van der Waals surface area contributed by atoms with Gasteiger partial charge in [-0.2, -0.15) is 10.4 Å². The Morgan fingerprint density at radius 1 is 1.39 bits per heavy atom. The van der Waals surface area contributed by atoms with Crippen LogP contribution in [0.4, 0.5) is 0 Å². The van der Waals surface area contributed by atoms with E-state index in [1.165, 1.54) is 0 Å². The molecule has 1 aromatic carbocycles. The number of nitrogens with one attached hydrogen (secondary N) is 1. The summed E-state index contributed by atoms with van der Waals surface area (Å²) in [5.41, 5.74) is 2.18. The lowest BCUT2D eigenvalue weighted by molar-refractivity contribution is 0.542. The van der Waals surface area contributed by atoms with E-state index in [0.717, 1.165) is 11.3 Å². The molecule has 0 aliphatic carbocycles. The number of nitriles is 1. The summed E-state index contributed by atoms with van der Waals surface area (Å²) in [4.78, 5) is 7.74. The molecule has 0 spiro atoms. The Morgan fingerprint density at radius 3 is 3.00 bits per heavy atom. The molecule has 1 N–H and O–H groups in total. The number of aromatic amines is 1. The van der Waals surface area contributed by atoms with E-state index in [9.17, 15) is 0 Å². The molecule has 3 aromatic rings. The zero-order chi connectivity index (χ0) is 12.5. The van der Waals surface area contributed by atoms with E-state index in [1.54, 1.807) is 12.3 Å². The van der Waals surface area contributed by atoms with E-state index in [4.69, 9.17) is 5.26 Å². The molecule has 0 aliphatic heterocycles. The number of nitrogens with zero attached hydrogens (tertiary/aromatic N) is 4. The summed E-state index contributed by atoms with van der Waals surface area (Å²) in [5.74, 6) is 0.802. The highest BCUT2D eigenvalue weighted by Gasteiger charge is 2.14. The quantitative estimate of drug-likeness (QED) is 0.743. The zero-order valence-corrected chi connectivity index (χ0v) is 9.83. The molecule has 0 saturated heterocycles. The molecule has 0 saturated carbocycles. The van der Waals surface area contributed by atoms with Crippen LogP contribution in [0.25, 0.3) is 11.0 Å². The van der Waals surface area contributed by atoms with E-state index in [1.807, 2.05) is 36.0 Å². The second-order valence-corrected chi connectivity index (χ2v) is 4.10. The summed E-state index contributed by atoms with van der Waals surface area (Å²) in [5, 5.41) is 13.2. The van der Waals surface area contributed by atoms with Gasteiger partial charge in [-0.3, -0.25) is 4.68 Å². The summed E-state index contributed by atoms with van der Waals surface area (Å²) in [6.45, 7) is 2.01. The lowest BCUT2D eigenvalue weighted by Crippen LogP contribution is -2.08. The minimum atomic E-state index is 0.0129. The van der Waals surface area contributed by atoms with Gasteiger partial charge in [0.25, 0.3) is 0 Å². The normalized spacial score (nSPS) is 12.4. The number of aromatic nitrogens is 4. The third-order valence-electron chi connectivity index (χ3n) is 2.97. The van der Waals surface area contributed by atoms with Crippen LogP contribution in [0, 0.1) is 11.3 Å². The first-order valence-electron chi connectivity index (χ1n) is 5.67. The average Bonchev–Trinajstić information content (AvgIpc) is 3.05. The summed E-state index contributed by atoms with van der Waals surface area (Å²) >= 11 is 0. The van der Waals surface area contributed by atoms with Crippen LogP contribution in [0.15, 0.2) is 36.7 Å². The maximum atomic E-state index is 9.05. The molecule has 0 amide bonds. The van der Waals surface area contributed by atoms with Crippen molar-refractivity contribution in [1.82, 2.24) is 19.7 Å². The molecular formula is C13H11N5. The number of hydrogen-bond donors (Lipinski definition) is 1. The molecule has 0 aliphatic rings. The molecule has 0 fully saturated rings. The highest BCUT2D eigenvalue weighted by atomic mass is 15.3. The Bertz CT molecular complexity index is 718. The highest BCUT2D eigenvalue weighted by molar-refractivity contribution is 5.81. The van der Waals surface area contributed by atoms with Gasteiger partial charge in [-0.15, -0.1) is 0 Å². The smallest absolute Gasteiger partial charge is 0.131 e. The van der Waals surface area contributed by atoms with Crippen LogP contribution in [0.2, 0.25) is 0 Å². The van der Waals surface area contributed by atoms with Crippen LogP contribution in [-0.2, 0) is 0 Å². The van der Waals surface area contributed by atoms with E-state index < -0.39 is 0 Å². The molecule has 5 heteroatoms. The number of benzene rings is 1. The van der Waals surface area contributed by atoms with Crippen LogP contribution in [0.3, 0.4) is 0 Å². The fourth-order valence-corrected chi connectivity index (χ4v) is 1.97. The third-order valence-corrected chi connectivity index (χ3v) is 2.97. The van der Waals surface area contributed by atoms with Gasteiger partial charge in [-0.1, -0.05) is 6.07 Å². The highest BCUT2D eigenvalue weighted by Crippen LogP contribution is 2.20. The Kier molecular flexibility index (Phi) is 2.34. The van der Waals surface area contributed by atoms with Gasteiger partial charge in [0, 0.05) is 12.4 Å². The molecule has 2 aromatic heterocycles. The monoisotopic (exact) mass is 237 g/mol. The number of H-pyrrole nitrogens is 1. The summed E-state index contributed by atoms with van der Waals surface area (Å²) in [7, 11) is 0. The van der Waals surface area contributed by atoms with Crippen molar-refractivity contribution in [3.63, 3.8) is 0 Å². The van der Waals surface area contributed by atoms with E-state index >= 15 is 0 Å². The molecule has 5 nitrogen and oxygen atoms in total. The molecule has 0 bridgehead atoms. The summed E-state index contributed by atoms with van der Waals surface area (Å²) < 4.78 is 1.82. The van der Waals surface area contributed by atoms with Crippen molar-refractivity contribution in [1.29, 1.82) is 5.26 Å². The van der Waals surface area contributed by atoms with Crippen molar-refractivity contribution in [2.75, 3.05) is 0 Å². The Balaban J connectivity index is 2.12. The van der Waals surface area contributed by atoms with Gasteiger partial charge in [0.05, 0.1) is 11.1 Å². The topological polar surface area (TPSA) is 70.3 Å². The van der Waals surface area contributed by atoms with Gasteiger partial charge >= 0.3 is 0 Å². The van der Waals surface area contributed by atoms with Crippen molar-refractivity contribution in [2.45, 2.75) is 13.0 Å². The first-order valence-corrected chi connectivity index (χ1v) is 5.67. The summed E-state index contributed by atoms with van der Waals surface area (Å²) in [6.07, 6.45) is 3.63. The second-order valence-electron chi connectivity index (χ2n) is 4.10. The first-order chi connectivity index (χ1) is 8.79. The fourth-order valence-electron chi connectivity index (χ4n) is 1.97. The lowest BCUT2D eigenvalue weighted by Gasteiger charge is -2.08. The van der Waals surface area contributed by atoms with Gasteiger partial charge in [0.1, 0.15) is 23.5 Å². The molecule has 3 rings (SSSR count). The van der Waals surface area contributed by atoms with Crippen molar-refractivity contribution in [3.05, 3.63) is 48.0 Å². The maximum Gasteiger partial charge on any atom is 0.131 e. The SMILES string of the molecule is CC(c1nc2c(C#N)cccc2[nH]1)n1cccn1. The fraction of sp³-hybridized carbons (Fsp3) is 0.154. The molecule has 1 atom stereocenters. The number of fused-ring (bicyclic) bond motifs is 1. The van der Waals surface area contributed by atoms with E-state index in [0.29, 0.717) is 11.1 Å². The molecular weight excluding hydrogens is 226 g/mol. The van der Waals surface area contributed by atoms with Crippen LogP contribution >= 0.6 is 0 Å². The molecule has 88 valence electrons. The van der Waals surface area contributed by atoms with Crippen molar-refractivity contribution >= 4 is 11.0 Å². The zero-order valence-electron chi connectivity index (χ0n) is 9.83. The largest absolute Gasteiger partial charge is 0.340 e. The first kappa shape index (κ1) is 10.5. The number of para-hydroxylation sites is 1. The van der Waals surface area contributed by atoms with E-state index in [2.05, 4.69) is 21.1 Å². The van der Waals surface area contributed by atoms with Crippen LogP contribution < -0.4 is 0 Å². The maximum absolute atomic E-state index is 9.05. The molecule has 1 unspecified atom stereocenters. The minimum absolute atomic E-state index is 0.0129. The molecule has 18 heavy (non-hydrogen) atoms. The van der Waals surface area contributed by atoms with Gasteiger partial charge in [0.15, 0.2) is 0 Å².